The summed E-state index contributed by atoms with van der Waals surface area (Å²) in [6, 6.07) is 23.8. The first kappa shape index (κ1) is 18.1. The molecule has 0 unspecified atom stereocenters. The fourth-order valence-corrected chi connectivity index (χ4v) is 3.76. The summed E-state index contributed by atoms with van der Waals surface area (Å²) in [5, 5.41) is 13.8. The molecule has 5 aromatic rings. The molecule has 1 N–H and O–H groups in total. The minimum Gasteiger partial charge on any atom is -0.365 e. The van der Waals surface area contributed by atoms with Gasteiger partial charge in [0.2, 0.25) is 0 Å². The van der Waals surface area contributed by atoms with Crippen LogP contribution >= 0.6 is 27.5 Å². The highest BCUT2D eigenvalue weighted by molar-refractivity contribution is 9.10. The predicted octanol–water partition coefficient (Wildman–Crippen LogP) is 5.97. The lowest BCUT2D eigenvalue weighted by Gasteiger charge is -2.11. The topological polar surface area (TPSA) is 55.1 Å². The molecule has 0 aliphatic carbocycles. The van der Waals surface area contributed by atoms with Gasteiger partial charge in [-0.1, -0.05) is 69.1 Å². The monoisotopic (exact) mass is 463 g/mol. The quantitative estimate of drug-likeness (QED) is 0.356. The number of fused-ring (bicyclic) bond motifs is 3. The Kier molecular flexibility index (Phi) is 4.66. The highest BCUT2D eigenvalue weighted by Crippen LogP contribution is 2.29. The molecule has 0 aliphatic rings. The van der Waals surface area contributed by atoms with Crippen molar-refractivity contribution in [3.63, 3.8) is 0 Å². The van der Waals surface area contributed by atoms with Crippen LogP contribution in [-0.2, 0) is 6.54 Å². The number of anilines is 1. The Hall–Kier alpha value is -2.96. The third-order valence-corrected chi connectivity index (χ3v) is 5.49. The molecule has 0 saturated heterocycles. The number of aromatic nitrogens is 4. The van der Waals surface area contributed by atoms with Crippen molar-refractivity contribution >= 4 is 49.9 Å². The van der Waals surface area contributed by atoms with E-state index in [1.54, 1.807) is 4.52 Å². The van der Waals surface area contributed by atoms with Crippen LogP contribution < -0.4 is 5.32 Å². The Bertz CT molecular complexity index is 1330. The molecule has 0 amide bonds. The van der Waals surface area contributed by atoms with Crippen molar-refractivity contribution in [1.29, 1.82) is 0 Å². The number of para-hydroxylation sites is 1. The number of benzene rings is 3. The van der Waals surface area contributed by atoms with Crippen molar-refractivity contribution in [2.75, 3.05) is 5.32 Å². The second-order valence-corrected chi connectivity index (χ2v) is 7.99. The minimum atomic E-state index is 0.651. The van der Waals surface area contributed by atoms with Crippen LogP contribution in [0.4, 0.5) is 5.82 Å². The molecular formula is C22H15BrClN5. The zero-order valence-electron chi connectivity index (χ0n) is 15.2. The number of hydrogen-bond donors (Lipinski definition) is 1. The van der Waals surface area contributed by atoms with Gasteiger partial charge in [-0.2, -0.15) is 4.52 Å². The molecule has 142 valence electrons. The third-order valence-electron chi connectivity index (χ3n) is 4.72. The van der Waals surface area contributed by atoms with E-state index in [2.05, 4.69) is 43.7 Å². The molecular weight excluding hydrogens is 450 g/mol. The van der Waals surface area contributed by atoms with Crippen LogP contribution in [0.3, 0.4) is 0 Å². The molecule has 0 atom stereocenters. The first-order valence-corrected chi connectivity index (χ1v) is 10.2. The van der Waals surface area contributed by atoms with Gasteiger partial charge in [-0.05, 0) is 42.0 Å². The van der Waals surface area contributed by atoms with Crippen molar-refractivity contribution in [3.8, 4) is 11.3 Å². The van der Waals surface area contributed by atoms with Crippen LogP contribution in [0, 0.1) is 0 Å². The van der Waals surface area contributed by atoms with E-state index < -0.39 is 0 Å². The third kappa shape index (κ3) is 3.45. The number of nitrogens with zero attached hydrogens (tertiary/aromatic N) is 4. The van der Waals surface area contributed by atoms with E-state index in [1.807, 2.05) is 60.7 Å². The maximum atomic E-state index is 6.18. The smallest absolute Gasteiger partial charge is 0.186 e. The average Bonchev–Trinajstić information content (AvgIpc) is 3.17. The average molecular weight is 465 g/mol. The van der Waals surface area contributed by atoms with E-state index in [-0.39, 0.29) is 0 Å². The maximum Gasteiger partial charge on any atom is 0.186 e. The summed E-state index contributed by atoms with van der Waals surface area (Å²) in [5.74, 6) is 0.793. The van der Waals surface area contributed by atoms with Gasteiger partial charge in [0.25, 0.3) is 0 Å². The summed E-state index contributed by atoms with van der Waals surface area (Å²) in [7, 11) is 0. The lowest BCUT2D eigenvalue weighted by molar-refractivity contribution is 0.876. The van der Waals surface area contributed by atoms with E-state index in [4.69, 9.17) is 16.6 Å². The van der Waals surface area contributed by atoms with Gasteiger partial charge < -0.3 is 5.32 Å². The molecule has 5 rings (SSSR count). The summed E-state index contributed by atoms with van der Waals surface area (Å²) in [5.41, 5.74) is 4.38. The van der Waals surface area contributed by atoms with Crippen molar-refractivity contribution < 1.29 is 0 Å². The second kappa shape index (κ2) is 7.46. The van der Waals surface area contributed by atoms with Gasteiger partial charge in [0.1, 0.15) is 11.5 Å². The summed E-state index contributed by atoms with van der Waals surface area (Å²) in [4.78, 5) is 4.88. The lowest BCUT2D eigenvalue weighted by Crippen LogP contribution is -2.05. The summed E-state index contributed by atoms with van der Waals surface area (Å²) < 4.78 is 2.83. The Morgan fingerprint density at radius 2 is 1.79 bits per heavy atom. The van der Waals surface area contributed by atoms with Crippen LogP contribution in [0.1, 0.15) is 5.56 Å². The molecule has 0 radical (unpaired) electrons. The van der Waals surface area contributed by atoms with Gasteiger partial charge in [0.15, 0.2) is 5.65 Å². The Labute approximate surface area is 180 Å². The van der Waals surface area contributed by atoms with E-state index >= 15 is 0 Å². The van der Waals surface area contributed by atoms with Crippen LogP contribution in [0.15, 0.2) is 77.3 Å². The van der Waals surface area contributed by atoms with Crippen molar-refractivity contribution in [2.24, 2.45) is 0 Å². The van der Waals surface area contributed by atoms with E-state index in [0.717, 1.165) is 26.8 Å². The molecule has 3 aromatic carbocycles. The van der Waals surface area contributed by atoms with Crippen molar-refractivity contribution in [3.05, 3.63) is 87.9 Å². The van der Waals surface area contributed by atoms with Crippen molar-refractivity contribution in [2.45, 2.75) is 6.54 Å². The SMILES string of the molecule is Clc1cccc(-c2nnn3c2nc(NCc2ccc(Br)cc2)c2ccccc23)c1. The zero-order valence-corrected chi connectivity index (χ0v) is 17.5. The van der Waals surface area contributed by atoms with E-state index in [9.17, 15) is 0 Å². The normalized spacial score (nSPS) is 11.2. The Morgan fingerprint density at radius 1 is 0.966 bits per heavy atom. The molecule has 0 aliphatic heterocycles. The van der Waals surface area contributed by atoms with Crippen LogP contribution in [0.2, 0.25) is 5.02 Å². The summed E-state index contributed by atoms with van der Waals surface area (Å²) in [6.45, 7) is 0.661. The second-order valence-electron chi connectivity index (χ2n) is 6.64. The standard InChI is InChI=1S/C22H15BrClN5/c23-16-10-8-14(9-11-16)13-25-21-18-6-1-2-7-19(18)29-22(26-21)20(27-28-29)15-4-3-5-17(24)12-15/h1-12H,13H2,(H,25,26). The molecule has 2 aromatic heterocycles. The van der Waals surface area contributed by atoms with E-state index in [1.165, 1.54) is 5.56 Å². The van der Waals surface area contributed by atoms with Gasteiger partial charge in [-0.15, -0.1) is 5.10 Å². The number of rotatable bonds is 4. The Morgan fingerprint density at radius 3 is 2.62 bits per heavy atom. The van der Waals surface area contributed by atoms with Gasteiger partial charge in [0.05, 0.1) is 5.52 Å². The summed E-state index contributed by atoms with van der Waals surface area (Å²) >= 11 is 9.65. The van der Waals surface area contributed by atoms with Crippen molar-refractivity contribution in [1.82, 2.24) is 19.8 Å². The van der Waals surface area contributed by atoms with Crippen LogP contribution in [0.25, 0.3) is 27.8 Å². The highest BCUT2D eigenvalue weighted by Gasteiger charge is 2.15. The lowest BCUT2D eigenvalue weighted by atomic mass is 10.1. The predicted molar refractivity (Wildman–Crippen MR) is 120 cm³/mol. The number of halogens is 2. The first-order valence-electron chi connectivity index (χ1n) is 9.07. The summed E-state index contributed by atoms with van der Waals surface area (Å²) in [6.07, 6.45) is 0. The minimum absolute atomic E-state index is 0.651. The van der Waals surface area contributed by atoms with Gasteiger partial charge in [0, 0.05) is 27.0 Å². The number of hydrogen-bond acceptors (Lipinski definition) is 4. The first-order chi connectivity index (χ1) is 14.2. The zero-order chi connectivity index (χ0) is 19.8. The van der Waals surface area contributed by atoms with Crippen LogP contribution in [0.5, 0.6) is 0 Å². The fourth-order valence-electron chi connectivity index (χ4n) is 3.31. The molecule has 0 spiro atoms. The maximum absolute atomic E-state index is 6.18. The number of nitrogens with one attached hydrogen (secondary N) is 1. The molecule has 0 bridgehead atoms. The largest absolute Gasteiger partial charge is 0.365 e. The molecule has 0 fully saturated rings. The highest BCUT2D eigenvalue weighted by atomic mass is 79.9. The molecule has 7 heteroatoms. The Balaban J connectivity index is 1.63. The fraction of sp³-hybridized carbons (Fsp3) is 0.0455. The van der Waals surface area contributed by atoms with Gasteiger partial charge in [-0.3, -0.25) is 0 Å². The molecule has 0 saturated carbocycles. The van der Waals surface area contributed by atoms with Gasteiger partial charge in [-0.25, -0.2) is 4.98 Å². The molecule has 29 heavy (non-hydrogen) atoms. The molecule has 2 heterocycles. The van der Waals surface area contributed by atoms with E-state index in [0.29, 0.717) is 22.9 Å². The molecule has 5 nitrogen and oxygen atoms in total. The van der Waals surface area contributed by atoms with Gasteiger partial charge >= 0.3 is 0 Å². The van der Waals surface area contributed by atoms with Crippen LogP contribution in [-0.4, -0.2) is 19.8 Å².